The summed E-state index contributed by atoms with van der Waals surface area (Å²) < 4.78 is 0. The van der Waals surface area contributed by atoms with Gasteiger partial charge in [0.25, 0.3) is 5.91 Å². The van der Waals surface area contributed by atoms with Gasteiger partial charge in [-0.3, -0.25) is 4.79 Å². The molecule has 0 saturated carbocycles. The number of hydrogen-bond acceptors (Lipinski definition) is 3. The first-order valence-corrected chi connectivity index (χ1v) is 8.01. The molecule has 1 aliphatic heterocycles. The predicted molar refractivity (Wildman–Crippen MR) is 81.6 cm³/mol. The average Bonchev–Trinajstić information content (AvgIpc) is 3.10. The molecule has 3 heterocycles. The lowest BCUT2D eigenvalue weighted by atomic mass is 10.1. The second kappa shape index (κ2) is 5.72. The van der Waals surface area contributed by atoms with Crippen LogP contribution in [0.3, 0.4) is 0 Å². The zero-order valence-electron chi connectivity index (χ0n) is 10.6. The first kappa shape index (κ1) is 13.9. The van der Waals surface area contributed by atoms with E-state index in [1.54, 1.807) is 17.4 Å². The lowest BCUT2D eigenvalue weighted by molar-refractivity contribution is 0.0735. The molecule has 1 unspecified atom stereocenters. The lowest BCUT2D eigenvalue weighted by Crippen LogP contribution is -2.30. The van der Waals surface area contributed by atoms with Crippen LogP contribution >= 0.6 is 34.5 Å². The van der Waals surface area contributed by atoms with Gasteiger partial charge in [-0.2, -0.15) is 11.3 Å². The van der Waals surface area contributed by atoms with Crippen LogP contribution in [-0.4, -0.2) is 22.3 Å². The number of halogens is 2. The maximum Gasteiger partial charge on any atom is 0.255 e. The van der Waals surface area contributed by atoms with Crippen LogP contribution in [0.1, 0.15) is 34.8 Å². The molecule has 104 valence electrons. The van der Waals surface area contributed by atoms with E-state index in [2.05, 4.69) is 16.4 Å². The van der Waals surface area contributed by atoms with Gasteiger partial charge in [0.05, 0.1) is 16.6 Å². The summed E-state index contributed by atoms with van der Waals surface area (Å²) in [6.45, 7) is 0.763. The Bertz CT molecular complexity index is 630. The summed E-state index contributed by atoms with van der Waals surface area (Å²) in [5, 5.41) is 4.67. The highest BCUT2D eigenvalue weighted by Crippen LogP contribution is 2.34. The fourth-order valence-electron chi connectivity index (χ4n) is 2.52. The van der Waals surface area contributed by atoms with Crippen molar-refractivity contribution in [2.75, 3.05) is 6.54 Å². The molecule has 1 fully saturated rings. The van der Waals surface area contributed by atoms with Crippen molar-refractivity contribution in [2.24, 2.45) is 0 Å². The van der Waals surface area contributed by atoms with Gasteiger partial charge in [0.2, 0.25) is 0 Å². The highest BCUT2D eigenvalue weighted by Gasteiger charge is 2.31. The van der Waals surface area contributed by atoms with Crippen molar-refractivity contribution < 1.29 is 4.79 Å². The number of carbonyl (C=O) groups is 1. The molecule has 3 rings (SSSR count). The van der Waals surface area contributed by atoms with Gasteiger partial charge in [-0.05, 0) is 41.3 Å². The largest absolute Gasteiger partial charge is 0.332 e. The van der Waals surface area contributed by atoms with Crippen molar-refractivity contribution in [2.45, 2.75) is 18.9 Å². The minimum Gasteiger partial charge on any atom is -0.332 e. The summed E-state index contributed by atoms with van der Waals surface area (Å²) in [6, 6.07) is 3.82. The monoisotopic (exact) mass is 326 g/mol. The van der Waals surface area contributed by atoms with Gasteiger partial charge in [-0.1, -0.05) is 23.2 Å². The molecule has 1 atom stereocenters. The lowest BCUT2D eigenvalue weighted by Gasteiger charge is -2.24. The van der Waals surface area contributed by atoms with Crippen molar-refractivity contribution >= 4 is 40.4 Å². The molecule has 1 amide bonds. The minimum atomic E-state index is -0.0373. The van der Waals surface area contributed by atoms with E-state index in [9.17, 15) is 4.79 Å². The van der Waals surface area contributed by atoms with Crippen LogP contribution in [0.15, 0.2) is 29.1 Å². The highest BCUT2D eigenvalue weighted by molar-refractivity contribution is 7.08. The molecule has 0 spiro atoms. The van der Waals surface area contributed by atoms with Crippen LogP contribution in [0, 0.1) is 0 Å². The summed E-state index contributed by atoms with van der Waals surface area (Å²) in [7, 11) is 0. The van der Waals surface area contributed by atoms with Gasteiger partial charge in [-0.15, -0.1) is 0 Å². The Kier molecular flexibility index (Phi) is 3.96. The highest BCUT2D eigenvalue weighted by atomic mass is 35.5. The maximum atomic E-state index is 12.6. The molecule has 3 nitrogen and oxygen atoms in total. The van der Waals surface area contributed by atoms with Gasteiger partial charge in [0, 0.05) is 12.7 Å². The van der Waals surface area contributed by atoms with Crippen molar-refractivity contribution in [1.82, 2.24) is 9.88 Å². The second-order valence-electron chi connectivity index (χ2n) is 4.71. The average molecular weight is 327 g/mol. The number of aromatic nitrogens is 1. The standard InChI is InChI=1S/C14H12Cl2N2OS/c15-11-6-10(7-17-13(11)16)14(19)18-4-1-2-12(18)9-3-5-20-8-9/h3,5-8,12H,1-2,4H2. The molecular weight excluding hydrogens is 315 g/mol. The summed E-state index contributed by atoms with van der Waals surface area (Å²) in [5.41, 5.74) is 1.69. The molecule has 2 aromatic rings. The van der Waals surface area contributed by atoms with Crippen LogP contribution in [0.25, 0.3) is 0 Å². The van der Waals surface area contributed by atoms with Crippen LogP contribution in [-0.2, 0) is 0 Å². The van der Waals surface area contributed by atoms with E-state index in [0.29, 0.717) is 10.6 Å². The fourth-order valence-corrected chi connectivity index (χ4v) is 3.50. The van der Waals surface area contributed by atoms with Crippen LogP contribution in [0.5, 0.6) is 0 Å². The Labute approximate surface area is 131 Å². The third kappa shape index (κ3) is 2.55. The molecule has 2 aromatic heterocycles. The van der Waals surface area contributed by atoms with Crippen LogP contribution < -0.4 is 0 Å². The number of pyridine rings is 1. The molecule has 0 radical (unpaired) electrons. The number of amides is 1. The first-order valence-electron chi connectivity index (χ1n) is 6.31. The van der Waals surface area contributed by atoms with E-state index < -0.39 is 0 Å². The normalized spacial score (nSPS) is 18.5. The molecular formula is C14H12Cl2N2OS. The Morgan fingerprint density at radius 3 is 3.00 bits per heavy atom. The van der Waals surface area contributed by atoms with Crippen LogP contribution in [0.4, 0.5) is 0 Å². The number of likely N-dealkylation sites (tertiary alicyclic amines) is 1. The summed E-state index contributed by atoms with van der Waals surface area (Å²) in [5.74, 6) is -0.0373. The van der Waals surface area contributed by atoms with Crippen molar-refractivity contribution in [1.29, 1.82) is 0 Å². The van der Waals surface area contributed by atoms with Gasteiger partial charge >= 0.3 is 0 Å². The van der Waals surface area contributed by atoms with E-state index in [1.165, 1.54) is 11.8 Å². The molecule has 0 N–H and O–H groups in total. The Morgan fingerprint density at radius 1 is 1.45 bits per heavy atom. The van der Waals surface area contributed by atoms with Crippen molar-refractivity contribution in [3.63, 3.8) is 0 Å². The van der Waals surface area contributed by atoms with E-state index in [4.69, 9.17) is 23.2 Å². The Hall–Kier alpha value is -1.10. The molecule has 6 heteroatoms. The number of carbonyl (C=O) groups excluding carboxylic acids is 1. The quantitative estimate of drug-likeness (QED) is 0.765. The van der Waals surface area contributed by atoms with Crippen molar-refractivity contribution in [3.05, 3.63) is 50.4 Å². The number of nitrogens with zero attached hydrogens (tertiary/aromatic N) is 2. The maximum absolute atomic E-state index is 12.6. The third-order valence-electron chi connectivity index (χ3n) is 3.48. The van der Waals surface area contributed by atoms with E-state index in [-0.39, 0.29) is 17.1 Å². The van der Waals surface area contributed by atoms with Gasteiger partial charge in [0.15, 0.2) is 0 Å². The molecule has 0 bridgehead atoms. The minimum absolute atomic E-state index is 0.0373. The molecule has 0 aliphatic carbocycles. The molecule has 20 heavy (non-hydrogen) atoms. The predicted octanol–water partition coefficient (Wildman–Crippen LogP) is 4.43. The zero-order valence-corrected chi connectivity index (χ0v) is 12.9. The van der Waals surface area contributed by atoms with E-state index >= 15 is 0 Å². The van der Waals surface area contributed by atoms with Gasteiger partial charge in [-0.25, -0.2) is 4.98 Å². The third-order valence-corrected chi connectivity index (χ3v) is 4.87. The SMILES string of the molecule is O=C(c1cnc(Cl)c(Cl)c1)N1CCCC1c1ccsc1. The Balaban J connectivity index is 1.87. The first-order chi connectivity index (χ1) is 9.66. The number of thiophene rings is 1. The second-order valence-corrected chi connectivity index (χ2v) is 6.26. The smallest absolute Gasteiger partial charge is 0.255 e. The van der Waals surface area contributed by atoms with Gasteiger partial charge in [0.1, 0.15) is 5.15 Å². The van der Waals surface area contributed by atoms with Crippen molar-refractivity contribution in [3.8, 4) is 0 Å². The zero-order chi connectivity index (χ0) is 14.1. The summed E-state index contributed by atoms with van der Waals surface area (Å²) in [6.07, 6.45) is 3.50. The van der Waals surface area contributed by atoms with Gasteiger partial charge < -0.3 is 4.90 Å². The Morgan fingerprint density at radius 2 is 2.30 bits per heavy atom. The molecule has 1 saturated heterocycles. The number of rotatable bonds is 2. The van der Waals surface area contributed by atoms with E-state index in [0.717, 1.165) is 19.4 Å². The molecule has 1 aliphatic rings. The van der Waals surface area contributed by atoms with E-state index in [1.807, 2.05) is 10.3 Å². The fraction of sp³-hybridized carbons (Fsp3) is 0.286. The number of hydrogen-bond donors (Lipinski definition) is 0. The molecule has 0 aromatic carbocycles. The van der Waals surface area contributed by atoms with Crippen LogP contribution in [0.2, 0.25) is 10.2 Å². The summed E-state index contributed by atoms with van der Waals surface area (Å²) in [4.78, 5) is 18.4. The summed E-state index contributed by atoms with van der Waals surface area (Å²) >= 11 is 13.4. The topological polar surface area (TPSA) is 33.2 Å².